The van der Waals surface area contributed by atoms with E-state index in [-0.39, 0.29) is 0 Å². The molecule has 0 fully saturated rings. The minimum absolute atomic E-state index is 0.375. The van der Waals surface area contributed by atoms with Crippen LogP contribution < -0.4 is 0 Å². The second-order valence-electron chi connectivity index (χ2n) is 3.97. The summed E-state index contributed by atoms with van der Waals surface area (Å²) in [5, 5.41) is 13.2. The molecule has 0 bridgehead atoms. The topological polar surface area (TPSA) is 68.4 Å². The fourth-order valence-corrected chi connectivity index (χ4v) is 1.72. The molecule has 1 unspecified atom stereocenters. The van der Waals surface area contributed by atoms with Gasteiger partial charge in [0.1, 0.15) is 5.60 Å². The summed E-state index contributed by atoms with van der Waals surface area (Å²) in [5.74, 6) is 1.02. The Balaban J connectivity index is 2.90. The molecule has 0 aliphatic rings. The van der Waals surface area contributed by atoms with Gasteiger partial charge in [-0.2, -0.15) is 4.98 Å². The van der Waals surface area contributed by atoms with Crippen LogP contribution in [0.15, 0.2) is 4.52 Å². The van der Waals surface area contributed by atoms with Crippen molar-refractivity contribution in [2.45, 2.75) is 51.7 Å². The zero-order chi connectivity index (χ0) is 12.2. The van der Waals surface area contributed by atoms with E-state index < -0.39 is 11.7 Å². The van der Waals surface area contributed by atoms with Crippen LogP contribution in [-0.2, 0) is 16.8 Å². The van der Waals surface area contributed by atoms with Crippen LogP contribution in [0.2, 0.25) is 0 Å². The third-order valence-corrected chi connectivity index (χ3v) is 2.88. The number of aliphatic hydroxyl groups is 1. The van der Waals surface area contributed by atoms with Crippen LogP contribution in [0.25, 0.3) is 0 Å². The predicted octanol–water partition coefficient (Wildman–Crippen LogP) is 1.65. The molecule has 1 atom stereocenters. The molecule has 0 radical (unpaired) electrons. The number of hydrogen-bond acceptors (Lipinski definition) is 5. The second-order valence-corrected chi connectivity index (χ2v) is 3.97. The molecular weight excluding hydrogens is 208 g/mol. The molecule has 1 heterocycles. The van der Waals surface area contributed by atoms with Crippen LogP contribution in [0.1, 0.15) is 45.3 Å². The van der Waals surface area contributed by atoms with Crippen molar-refractivity contribution in [3.05, 3.63) is 11.7 Å². The largest absolute Gasteiger partial charge is 0.393 e. The number of hydrogen-bond donors (Lipinski definition) is 1. The van der Waals surface area contributed by atoms with Crippen molar-refractivity contribution in [1.82, 2.24) is 10.1 Å². The van der Waals surface area contributed by atoms with Gasteiger partial charge in [-0.1, -0.05) is 19.0 Å². The highest BCUT2D eigenvalue weighted by Crippen LogP contribution is 2.30. The summed E-state index contributed by atoms with van der Waals surface area (Å²) in [4.78, 5) is 4.27. The summed E-state index contributed by atoms with van der Waals surface area (Å²) in [6.45, 7) is 5.74. The Kier molecular flexibility index (Phi) is 4.44. The van der Waals surface area contributed by atoms with Crippen molar-refractivity contribution in [1.29, 1.82) is 0 Å². The van der Waals surface area contributed by atoms with Crippen LogP contribution in [0.5, 0.6) is 0 Å². The molecule has 0 amide bonds. The van der Waals surface area contributed by atoms with Gasteiger partial charge in [0.25, 0.3) is 0 Å². The van der Waals surface area contributed by atoms with Crippen LogP contribution in [0.4, 0.5) is 0 Å². The minimum atomic E-state index is -0.478. The first kappa shape index (κ1) is 13.1. The molecule has 16 heavy (non-hydrogen) atoms. The van der Waals surface area contributed by atoms with Crippen molar-refractivity contribution < 1.29 is 14.4 Å². The summed E-state index contributed by atoms with van der Waals surface area (Å²) in [5.41, 5.74) is -0.472. The van der Waals surface area contributed by atoms with Crippen LogP contribution in [0, 0.1) is 0 Å². The normalized spacial score (nSPS) is 14.1. The lowest BCUT2D eigenvalue weighted by Gasteiger charge is -2.25. The third-order valence-electron chi connectivity index (χ3n) is 2.88. The number of aliphatic hydroxyl groups excluding tert-OH is 1. The van der Waals surface area contributed by atoms with Crippen LogP contribution in [-0.4, -0.2) is 28.5 Å². The first-order valence-electron chi connectivity index (χ1n) is 5.64. The lowest BCUT2D eigenvalue weighted by Crippen LogP contribution is -2.28. The minimum Gasteiger partial charge on any atom is -0.393 e. The van der Waals surface area contributed by atoms with Gasteiger partial charge in [-0.05, 0) is 19.8 Å². The van der Waals surface area contributed by atoms with E-state index in [2.05, 4.69) is 10.1 Å². The van der Waals surface area contributed by atoms with E-state index >= 15 is 0 Å². The third kappa shape index (κ3) is 2.59. The zero-order valence-corrected chi connectivity index (χ0v) is 10.4. The lowest BCUT2D eigenvalue weighted by molar-refractivity contribution is -0.0306. The van der Waals surface area contributed by atoms with Crippen molar-refractivity contribution in [3.8, 4) is 0 Å². The number of rotatable bonds is 6. The van der Waals surface area contributed by atoms with E-state index in [0.717, 1.165) is 12.8 Å². The monoisotopic (exact) mass is 228 g/mol. The second kappa shape index (κ2) is 5.41. The van der Waals surface area contributed by atoms with Gasteiger partial charge in [0.05, 0.1) is 12.5 Å². The fourth-order valence-electron chi connectivity index (χ4n) is 1.72. The summed E-state index contributed by atoms with van der Waals surface area (Å²) in [6.07, 6.45) is 1.47. The molecule has 0 saturated carbocycles. The predicted molar refractivity (Wildman–Crippen MR) is 59.0 cm³/mol. The quantitative estimate of drug-likeness (QED) is 0.801. The molecule has 1 aromatic heterocycles. The molecule has 5 heteroatoms. The molecular formula is C11H20N2O3. The Morgan fingerprint density at radius 2 is 2.06 bits per heavy atom. The summed E-state index contributed by atoms with van der Waals surface area (Å²) in [6, 6.07) is 0. The van der Waals surface area contributed by atoms with Gasteiger partial charge in [0, 0.05) is 7.11 Å². The Morgan fingerprint density at radius 3 is 2.50 bits per heavy atom. The van der Waals surface area contributed by atoms with Gasteiger partial charge in [0.2, 0.25) is 11.7 Å². The number of nitrogens with zero attached hydrogens (tertiary/aromatic N) is 2. The van der Waals surface area contributed by atoms with Gasteiger partial charge >= 0.3 is 0 Å². The molecule has 0 aromatic carbocycles. The molecule has 0 saturated heterocycles. The average molecular weight is 228 g/mol. The molecule has 1 rings (SSSR count). The van der Waals surface area contributed by atoms with Gasteiger partial charge < -0.3 is 14.4 Å². The van der Waals surface area contributed by atoms with Gasteiger partial charge in [-0.15, -0.1) is 0 Å². The lowest BCUT2D eigenvalue weighted by atomic mass is 9.96. The van der Waals surface area contributed by atoms with E-state index in [4.69, 9.17) is 9.26 Å². The van der Waals surface area contributed by atoms with Crippen LogP contribution in [0.3, 0.4) is 0 Å². The van der Waals surface area contributed by atoms with Crippen molar-refractivity contribution in [2.24, 2.45) is 0 Å². The van der Waals surface area contributed by atoms with E-state index in [1.165, 1.54) is 0 Å². The van der Waals surface area contributed by atoms with E-state index in [0.29, 0.717) is 18.1 Å². The smallest absolute Gasteiger partial charge is 0.229 e. The number of ether oxygens (including phenoxy) is 1. The van der Waals surface area contributed by atoms with E-state index in [1.807, 2.05) is 13.8 Å². The summed E-state index contributed by atoms with van der Waals surface area (Å²) in [7, 11) is 1.65. The SMILES string of the molecule is CCC(CC)(OC)c1noc(CC(C)O)n1. The molecule has 1 N–H and O–H groups in total. The zero-order valence-electron chi connectivity index (χ0n) is 10.4. The number of aromatic nitrogens is 2. The summed E-state index contributed by atoms with van der Waals surface area (Å²) < 4.78 is 10.6. The maximum Gasteiger partial charge on any atom is 0.229 e. The Hall–Kier alpha value is -0.940. The maximum absolute atomic E-state index is 9.23. The highest BCUT2D eigenvalue weighted by atomic mass is 16.5. The van der Waals surface area contributed by atoms with Crippen LogP contribution >= 0.6 is 0 Å². The number of methoxy groups -OCH3 is 1. The van der Waals surface area contributed by atoms with Gasteiger partial charge in [0.15, 0.2) is 0 Å². The van der Waals surface area contributed by atoms with E-state index in [1.54, 1.807) is 14.0 Å². The molecule has 1 aromatic rings. The fraction of sp³-hybridized carbons (Fsp3) is 0.818. The van der Waals surface area contributed by atoms with Gasteiger partial charge in [-0.3, -0.25) is 0 Å². The standard InChI is InChI=1S/C11H20N2O3/c1-5-11(6-2,15-4)10-12-9(16-13-10)7-8(3)14/h8,14H,5-7H2,1-4H3. The Bertz CT molecular complexity index is 311. The van der Waals surface area contributed by atoms with E-state index in [9.17, 15) is 5.11 Å². The maximum atomic E-state index is 9.23. The molecule has 92 valence electrons. The first-order chi connectivity index (χ1) is 7.57. The van der Waals surface area contributed by atoms with Crippen molar-refractivity contribution >= 4 is 0 Å². The molecule has 5 nitrogen and oxygen atoms in total. The van der Waals surface area contributed by atoms with Gasteiger partial charge in [-0.25, -0.2) is 0 Å². The Morgan fingerprint density at radius 1 is 1.44 bits per heavy atom. The molecule has 0 spiro atoms. The van der Waals surface area contributed by atoms with Crippen molar-refractivity contribution in [2.75, 3.05) is 7.11 Å². The average Bonchev–Trinajstić information content (AvgIpc) is 2.70. The molecule has 0 aliphatic heterocycles. The molecule has 0 aliphatic carbocycles. The first-order valence-corrected chi connectivity index (χ1v) is 5.64. The highest BCUT2D eigenvalue weighted by Gasteiger charge is 2.33. The Labute approximate surface area is 95.8 Å². The highest BCUT2D eigenvalue weighted by molar-refractivity contribution is 5.01. The van der Waals surface area contributed by atoms with Crippen molar-refractivity contribution in [3.63, 3.8) is 0 Å². The summed E-state index contributed by atoms with van der Waals surface area (Å²) >= 11 is 0.